The zero-order valence-electron chi connectivity index (χ0n) is 14.1. The lowest BCUT2D eigenvalue weighted by atomic mass is 10.2. The molecule has 2 fully saturated rings. The fourth-order valence-corrected chi connectivity index (χ4v) is 4.13. The Morgan fingerprint density at radius 3 is 2.75 bits per heavy atom. The topological polar surface area (TPSA) is 58.4 Å². The Hall–Kier alpha value is -1.82. The highest BCUT2D eigenvalue weighted by atomic mass is 32.1. The van der Waals surface area contributed by atoms with Gasteiger partial charge in [-0.2, -0.15) is 0 Å². The maximum absolute atomic E-state index is 13.0. The molecule has 1 N–H and O–H groups in total. The van der Waals surface area contributed by atoms with E-state index in [4.69, 9.17) is 4.42 Å². The highest BCUT2D eigenvalue weighted by Crippen LogP contribution is 2.43. The van der Waals surface area contributed by atoms with Crippen molar-refractivity contribution in [3.8, 4) is 0 Å². The van der Waals surface area contributed by atoms with Crippen LogP contribution in [0.3, 0.4) is 0 Å². The third kappa shape index (κ3) is 3.20. The van der Waals surface area contributed by atoms with Crippen molar-refractivity contribution in [1.29, 1.82) is 0 Å². The fourth-order valence-electron chi connectivity index (χ4n) is 3.21. The average molecular weight is 345 g/mol. The molecule has 0 bridgehead atoms. The van der Waals surface area contributed by atoms with Gasteiger partial charge >= 0.3 is 6.03 Å². The second-order valence-corrected chi connectivity index (χ2v) is 8.17. The van der Waals surface area contributed by atoms with Crippen LogP contribution in [-0.2, 0) is 0 Å². The second-order valence-electron chi connectivity index (χ2n) is 6.90. The van der Waals surface area contributed by atoms with Crippen LogP contribution in [0.4, 0.5) is 4.79 Å². The van der Waals surface area contributed by atoms with Gasteiger partial charge in [0.1, 0.15) is 10.8 Å². The van der Waals surface area contributed by atoms with Gasteiger partial charge in [-0.1, -0.05) is 0 Å². The fraction of sp³-hybridized carbons (Fsp3) is 0.556. The first kappa shape index (κ1) is 15.7. The van der Waals surface area contributed by atoms with Crippen molar-refractivity contribution in [1.82, 2.24) is 15.2 Å². The first-order valence-corrected chi connectivity index (χ1v) is 9.49. The van der Waals surface area contributed by atoms with E-state index in [0.29, 0.717) is 12.0 Å². The van der Waals surface area contributed by atoms with Gasteiger partial charge in [0.15, 0.2) is 0 Å². The van der Waals surface area contributed by atoms with Crippen LogP contribution < -0.4 is 5.32 Å². The molecule has 2 aliphatic carbocycles. The van der Waals surface area contributed by atoms with Crippen molar-refractivity contribution in [2.45, 2.75) is 57.7 Å². The Kier molecular flexibility index (Phi) is 4.08. The molecular formula is C18H23N3O2S. The number of hydrogen-bond acceptors (Lipinski definition) is 4. The number of rotatable bonds is 6. The Bertz CT molecular complexity index is 704. The number of amides is 2. The molecule has 0 spiro atoms. The summed E-state index contributed by atoms with van der Waals surface area (Å²) in [5.74, 6) is 1.37. The summed E-state index contributed by atoms with van der Waals surface area (Å²) in [6.45, 7) is 4.10. The van der Waals surface area contributed by atoms with Crippen molar-refractivity contribution in [3.63, 3.8) is 0 Å². The lowest BCUT2D eigenvalue weighted by molar-refractivity contribution is 0.161. The van der Waals surface area contributed by atoms with E-state index in [1.165, 1.54) is 17.7 Å². The molecule has 6 heteroatoms. The predicted octanol–water partition coefficient (Wildman–Crippen LogP) is 4.43. The van der Waals surface area contributed by atoms with Crippen LogP contribution in [0.25, 0.3) is 0 Å². The lowest BCUT2D eigenvalue weighted by Crippen LogP contribution is -2.44. The summed E-state index contributed by atoms with van der Waals surface area (Å²) in [6, 6.07) is 4.14. The third-order valence-corrected chi connectivity index (χ3v) is 5.82. The molecular weight excluding hydrogens is 322 g/mol. The lowest BCUT2D eigenvalue weighted by Gasteiger charge is -2.30. The summed E-state index contributed by atoms with van der Waals surface area (Å²) in [5, 5.41) is 4.30. The van der Waals surface area contributed by atoms with Gasteiger partial charge < -0.3 is 14.6 Å². The molecule has 24 heavy (non-hydrogen) atoms. The van der Waals surface area contributed by atoms with Crippen LogP contribution >= 0.6 is 11.3 Å². The van der Waals surface area contributed by atoms with Crippen molar-refractivity contribution >= 4 is 17.4 Å². The van der Waals surface area contributed by atoms with Gasteiger partial charge in [-0.25, -0.2) is 9.78 Å². The zero-order valence-corrected chi connectivity index (χ0v) is 14.9. The van der Waals surface area contributed by atoms with Gasteiger partial charge in [0, 0.05) is 17.1 Å². The quantitative estimate of drug-likeness (QED) is 0.842. The molecule has 2 aromatic rings. The van der Waals surface area contributed by atoms with E-state index in [1.54, 1.807) is 17.6 Å². The Labute approximate surface area is 146 Å². The summed E-state index contributed by atoms with van der Waals surface area (Å²) < 4.78 is 5.53. The number of aromatic nitrogens is 1. The molecule has 5 nitrogen and oxygen atoms in total. The normalized spacial score (nSPS) is 19.8. The van der Waals surface area contributed by atoms with Crippen molar-refractivity contribution in [2.75, 3.05) is 0 Å². The van der Waals surface area contributed by atoms with Gasteiger partial charge in [0.05, 0.1) is 18.3 Å². The van der Waals surface area contributed by atoms with Crippen molar-refractivity contribution < 1.29 is 9.21 Å². The van der Waals surface area contributed by atoms with E-state index in [2.05, 4.69) is 17.2 Å². The minimum absolute atomic E-state index is 0.00570. The summed E-state index contributed by atoms with van der Waals surface area (Å²) >= 11 is 1.69. The van der Waals surface area contributed by atoms with E-state index in [0.717, 1.165) is 23.6 Å². The van der Waals surface area contributed by atoms with E-state index in [-0.39, 0.29) is 18.1 Å². The molecule has 2 aliphatic rings. The molecule has 0 saturated heterocycles. The van der Waals surface area contributed by atoms with Crippen molar-refractivity contribution in [3.05, 3.63) is 40.2 Å². The summed E-state index contributed by atoms with van der Waals surface area (Å²) in [5.41, 5.74) is 0. The molecule has 2 atom stereocenters. The monoisotopic (exact) mass is 345 g/mol. The largest absolute Gasteiger partial charge is 0.467 e. The van der Waals surface area contributed by atoms with E-state index in [9.17, 15) is 4.79 Å². The highest BCUT2D eigenvalue weighted by molar-refractivity contribution is 7.11. The molecule has 4 rings (SSSR count). The minimum atomic E-state index is -0.0506. The average Bonchev–Trinajstić information content (AvgIpc) is 3.47. The van der Waals surface area contributed by atoms with E-state index < -0.39 is 0 Å². The number of aryl methyl sites for hydroxylation is 1. The Morgan fingerprint density at radius 2 is 2.21 bits per heavy atom. The third-order valence-electron chi connectivity index (χ3n) is 4.82. The molecule has 2 amide bonds. The molecule has 2 saturated carbocycles. The van der Waals surface area contributed by atoms with Crippen LogP contribution in [0.15, 0.2) is 29.0 Å². The molecule has 2 heterocycles. The van der Waals surface area contributed by atoms with Crippen molar-refractivity contribution in [2.24, 2.45) is 5.92 Å². The van der Waals surface area contributed by atoms with E-state index in [1.807, 2.05) is 30.2 Å². The van der Waals surface area contributed by atoms with Gasteiger partial charge in [-0.15, -0.1) is 11.3 Å². The number of furan rings is 1. The van der Waals surface area contributed by atoms with Gasteiger partial charge in [-0.3, -0.25) is 0 Å². The summed E-state index contributed by atoms with van der Waals surface area (Å²) in [4.78, 5) is 20.7. The molecule has 0 radical (unpaired) electrons. The SMILES string of the molecule is Cc1cnc([C@H](NC(=O)N(C2CC2)[C@@H](C)c2ccco2)C2CC2)s1. The summed E-state index contributed by atoms with van der Waals surface area (Å²) in [6.07, 6.45) is 8.04. The van der Waals surface area contributed by atoms with Crippen LogP contribution in [0.5, 0.6) is 0 Å². The number of nitrogens with one attached hydrogen (secondary N) is 1. The van der Waals surface area contributed by atoms with E-state index >= 15 is 0 Å². The van der Waals surface area contributed by atoms with Crippen LogP contribution in [0.1, 0.15) is 60.3 Å². The maximum Gasteiger partial charge on any atom is 0.318 e. The molecule has 128 valence electrons. The zero-order chi connectivity index (χ0) is 16.7. The molecule has 0 unspecified atom stereocenters. The van der Waals surface area contributed by atoms with Gasteiger partial charge in [0.25, 0.3) is 0 Å². The van der Waals surface area contributed by atoms with Gasteiger partial charge in [-0.05, 0) is 57.6 Å². The predicted molar refractivity (Wildman–Crippen MR) is 92.8 cm³/mol. The molecule has 0 aromatic carbocycles. The van der Waals surface area contributed by atoms with Crippen LogP contribution in [0, 0.1) is 12.8 Å². The summed E-state index contributed by atoms with van der Waals surface area (Å²) in [7, 11) is 0. The Morgan fingerprint density at radius 1 is 1.42 bits per heavy atom. The first-order valence-electron chi connectivity index (χ1n) is 8.68. The highest BCUT2D eigenvalue weighted by Gasteiger charge is 2.41. The number of carbonyl (C=O) groups is 1. The number of carbonyl (C=O) groups excluding carboxylic acids is 1. The number of thiazole rings is 1. The standard InChI is InChI=1S/C18H23N3O2S/c1-11-10-19-17(24-11)16(13-5-6-13)20-18(22)21(14-7-8-14)12(2)15-4-3-9-23-15/h3-4,9-10,12-14,16H,5-8H2,1-2H3,(H,20,22)/t12-,16+/m0/s1. The Balaban J connectivity index is 1.52. The maximum atomic E-state index is 13.0. The second kappa shape index (κ2) is 6.24. The molecule has 0 aliphatic heterocycles. The van der Waals surface area contributed by atoms with Crippen LogP contribution in [-0.4, -0.2) is 22.0 Å². The molecule has 2 aromatic heterocycles. The minimum Gasteiger partial charge on any atom is -0.467 e. The smallest absolute Gasteiger partial charge is 0.318 e. The van der Waals surface area contributed by atoms with Crippen LogP contribution in [0.2, 0.25) is 0 Å². The first-order chi connectivity index (χ1) is 11.6. The van der Waals surface area contributed by atoms with Gasteiger partial charge in [0.2, 0.25) is 0 Å². The number of urea groups is 1. The number of nitrogens with zero attached hydrogens (tertiary/aromatic N) is 2. The number of hydrogen-bond donors (Lipinski definition) is 1.